The average molecular weight is 276 g/mol. The highest BCUT2D eigenvalue weighted by Gasteiger charge is 2.14. The summed E-state index contributed by atoms with van der Waals surface area (Å²) in [4.78, 5) is 6.84. The molecule has 5 nitrogen and oxygen atoms in total. The molecule has 0 saturated carbocycles. The molecular weight excluding hydrogens is 252 g/mol. The maximum atomic E-state index is 5.87. The van der Waals surface area contributed by atoms with Crippen LogP contribution in [-0.2, 0) is 0 Å². The minimum Gasteiger partial charge on any atom is -0.492 e. The van der Waals surface area contributed by atoms with Crippen LogP contribution in [-0.4, -0.2) is 50.9 Å². The monoisotopic (exact) mass is 276 g/mol. The number of ether oxygens (including phenoxy) is 1. The maximum absolute atomic E-state index is 5.87. The molecule has 0 amide bonds. The number of piperazine rings is 1. The molecule has 2 aliphatic heterocycles. The molecule has 3 rings (SSSR count). The highest BCUT2D eigenvalue weighted by molar-refractivity contribution is 5.41. The van der Waals surface area contributed by atoms with E-state index in [0.717, 1.165) is 57.4 Å². The third-order valence-electron chi connectivity index (χ3n) is 4.11. The van der Waals surface area contributed by atoms with Crippen LogP contribution >= 0.6 is 0 Å². The van der Waals surface area contributed by atoms with Crippen LogP contribution in [0.1, 0.15) is 12.8 Å². The van der Waals surface area contributed by atoms with Crippen molar-refractivity contribution < 1.29 is 4.74 Å². The second kappa shape index (κ2) is 6.90. The summed E-state index contributed by atoms with van der Waals surface area (Å²) in [7, 11) is 0. The molecule has 2 saturated heterocycles. The Labute approximate surface area is 120 Å². The fourth-order valence-corrected chi connectivity index (χ4v) is 2.80. The highest BCUT2D eigenvalue weighted by Crippen LogP contribution is 2.18. The molecule has 0 aromatic carbocycles. The quantitative estimate of drug-likeness (QED) is 0.854. The van der Waals surface area contributed by atoms with Crippen molar-refractivity contribution in [1.82, 2.24) is 15.6 Å². The first kappa shape index (κ1) is 13.6. The topological polar surface area (TPSA) is 49.4 Å². The molecule has 20 heavy (non-hydrogen) atoms. The number of nitrogens with one attached hydrogen (secondary N) is 2. The summed E-state index contributed by atoms with van der Waals surface area (Å²) in [5.74, 6) is 2.63. The second-order valence-electron chi connectivity index (χ2n) is 5.59. The molecule has 3 heterocycles. The van der Waals surface area contributed by atoms with Crippen molar-refractivity contribution >= 4 is 5.82 Å². The van der Waals surface area contributed by atoms with E-state index in [9.17, 15) is 0 Å². The Morgan fingerprint density at radius 2 is 1.85 bits per heavy atom. The lowest BCUT2D eigenvalue weighted by molar-refractivity contribution is 0.214. The molecule has 2 aliphatic rings. The fourth-order valence-electron chi connectivity index (χ4n) is 2.80. The van der Waals surface area contributed by atoms with Gasteiger partial charge in [0, 0.05) is 26.2 Å². The zero-order chi connectivity index (χ0) is 13.6. The van der Waals surface area contributed by atoms with Gasteiger partial charge in [0.05, 0.1) is 12.8 Å². The van der Waals surface area contributed by atoms with E-state index >= 15 is 0 Å². The number of nitrogens with zero attached hydrogens (tertiary/aromatic N) is 2. The van der Waals surface area contributed by atoms with Gasteiger partial charge in [-0.05, 0) is 44.0 Å². The average Bonchev–Trinajstić information content (AvgIpc) is 2.55. The molecule has 0 aliphatic carbocycles. The van der Waals surface area contributed by atoms with Crippen LogP contribution in [0.5, 0.6) is 5.75 Å². The van der Waals surface area contributed by atoms with Gasteiger partial charge in [-0.2, -0.15) is 0 Å². The van der Waals surface area contributed by atoms with Crippen molar-refractivity contribution in [1.29, 1.82) is 0 Å². The second-order valence-corrected chi connectivity index (χ2v) is 5.59. The van der Waals surface area contributed by atoms with E-state index < -0.39 is 0 Å². The number of aromatic nitrogens is 1. The lowest BCUT2D eigenvalue weighted by atomic mass is 9.99. The summed E-state index contributed by atoms with van der Waals surface area (Å²) >= 11 is 0. The van der Waals surface area contributed by atoms with E-state index in [2.05, 4.69) is 26.6 Å². The standard InChI is InChI=1S/C15H24N4O/c1-2-15(19-9-7-17-8-10-19)18-11-14(1)20-12-13-3-5-16-6-4-13/h1-2,11,13,16-17H,3-10,12H2. The maximum Gasteiger partial charge on any atom is 0.137 e. The molecule has 2 fully saturated rings. The van der Waals surface area contributed by atoms with Gasteiger partial charge in [0.25, 0.3) is 0 Å². The lowest BCUT2D eigenvalue weighted by Gasteiger charge is -2.28. The van der Waals surface area contributed by atoms with Crippen LogP contribution in [0.4, 0.5) is 5.82 Å². The van der Waals surface area contributed by atoms with Gasteiger partial charge in [0.2, 0.25) is 0 Å². The zero-order valence-corrected chi connectivity index (χ0v) is 12.0. The number of rotatable bonds is 4. The SMILES string of the molecule is c1cc(N2CCNCC2)ncc1OCC1CCNCC1. The van der Waals surface area contributed by atoms with Crippen molar-refractivity contribution in [3.63, 3.8) is 0 Å². The summed E-state index contributed by atoms with van der Waals surface area (Å²) in [6.07, 6.45) is 4.29. The molecule has 0 bridgehead atoms. The van der Waals surface area contributed by atoms with Gasteiger partial charge < -0.3 is 20.3 Å². The van der Waals surface area contributed by atoms with E-state index in [0.29, 0.717) is 5.92 Å². The summed E-state index contributed by atoms with van der Waals surface area (Å²) < 4.78 is 5.87. The van der Waals surface area contributed by atoms with Crippen molar-refractivity contribution in [2.45, 2.75) is 12.8 Å². The molecule has 5 heteroatoms. The Morgan fingerprint density at radius 1 is 1.10 bits per heavy atom. The van der Waals surface area contributed by atoms with Crippen LogP contribution in [0.3, 0.4) is 0 Å². The molecule has 0 spiro atoms. The van der Waals surface area contributed by atoms with Crippen LogP contribution < -0.4 is 20.3 Å². The smallest absolute Gasteiger partial charge is 0.137 e. The van der Waals surface area contributed by atoms with Gasteiger partial charge in [-0.25, -0.2) is 4.98 Å². The summed E-state index contributed by atoms with van der Waals surface area (Å²) in [6.45, 7) is 7.19. The van der Waals surface area contributed by atoms with Gasteiger partial charge in [-0.1, -0.05) is 0 Å². The van der Waals surface area contributed by atoms with Crippen molar-refractivity contribution in [3.8, 4) is 5.75 Å². The van der Waals surface area contributed by atoms with Gasteiger partial charge in [-0.15, -0.1) is 0 Å². The third kappa shape index (κ3) is 3.61. The first-order valence-corrected chi connectivity index (χ1v) is 7.67. The van der Waals surface area contributed by atoms with Crippen molar-refractivity contribution in [2.24, 2.45) is 5.92 Å². The minimum absolute atomic E-state index is 0.684. The van der Waals surface area contributed by atoms with Crippen LogP contribution in [0.2, 0.25) is 0 Å². The predicted molar refractivity (Wildman–Crippen MR) is 80.4 cm³/mol. The molecular formula is C15H24N4O. The number of pyridine rings is 1. The lowest BCUT2D eigenvalue weighted by Crippen LogP contribution is -2.43. The molecule has 0 unspecified atom stereocenters. The molecule has 2 N–H and O–H groups in total. The van der Waals surface area contributed by atoms with Gasteiger partial charge >= 0.3 is 0 Å². The minimum atomic E-state index is 0.684. The van der Waals surface area contributed by atoms with Crippen LogP contribution in [0.15, 0.2) is 18.3 Å². The van der Waals surface area contributed by atoms with Crippen molar-refractivity contribution in [3.05, 3.63) is 18.3 Å². The molecule has 0 radical (unpaired) electrons. The zero-order valence-electron chi connectivity index (χ0n) is 12.0. The Balaban J connectivity index is 1.50. The number of anilines is 1. The van der Waals surface area contributed by atoms with E-state index in [1.54, 1.807) is 0 Å². The van der Waals surface area contributed by atoms with Crippen molar-refractivity contribution in [2.75, 3.05) is 50.8 Å². The summed E-state index contributed by atoms with van der Waals surface area (Å²) in [6, 6.07) is 4.12. The first-order chi connectivity index (χ1) is 9.92. The summed E-state index contributed by atoms with van der Waals surface area (Å²) in [5.41, 5.74) is 0. The molecule has 1 aromatic heterocycles. The van der Waals surface area contributed by atoms with Gasteiger partial charge in [-0.3, -0.25) is 0 Å². The van der Waals surface area contributed by atoms with E-state index in [4.69, 9.17) is 4.74 Å². The van der Waals surface area contributed by atoms with Gasteiger partial charge in [0.1, 0.15) is 11.6 Å². The Bertz CT molecular complexity index is 397. The number of hydrogen-bond donors (Lipinski definition) is 2. The molecule has 110 valence electrons. The Kier molecular flexibility index (Phi) is 4.71. The van der Waals surface area contributed by atoms with Gasteiger partial charge in [0.15, 0.2) is 0 Å². The summed E-state index contributed by atoms with van der Waals surface area (Å²) in [5, 5.41) is 6.73. The van der Waals surface area contributed by atoms with E-state index in [1.165, 1.54) is 12.8 Å². The highest BCUT2D eigenvalue weighted by atomic mass is 16.5. The number of piperidine rings is 1. The Morgan fingerprint density at radius 3 is 2.55 bits per heavy atom. The molecule has 1 aromatic rings. The van der Waals surface area contributed by atoms with E-state index in [1.807, 2.05) is 12.3 Å². The molecule has 0 atom stereocenters. The largest absolute Gasteiger partial charge is 0.492 e. The Hall–Kier alpha value is -1.33. The third-order valence-corrected chi connectivity index (χ3v) is 4.11. The predicted octanol–water partition coefficient (Wildman–Crippen LogP) is 0.870. The number of hydrogen-bond acceptors (Lipinski definition) is 5. The van der Waals surface area contributed by atoms with Crippen LogP contribution in [0.25, 0.3) is 0 Å². The first-order valence-electron chi connectivity index (χ1n) is 7.67. The fraction of sp³-hybridized carbons (Fsp3) is 0.667. The van der Waals surface area contributed by atoms with E-state index in [-0.39, 0.29) is 0 Å². The van der Waals surface area contributed by atoms with Crippen LogP contribution in [0, 0.1) is 5.92 Å². The normalized spacial score (nSPS) is 20.9.